The van der Waals surface area contributed by atoms with Gasteiger partial charge < -0.3 is 30.1 Å². The molecule has 9 nitrogen and oxygen atoms in total. The zero-order chi connectivity index (χ0) is 29.0. The number of carbonyl (C=O) groups is 2. The van der Waals surface area contributed by atoms with E-state index in [2.05, 4.69) is 40.9 Å². The lowest BCUT2D eigenvalue weighted by Gasteiger charge is -2.39. The fourth-order valence-electron chi connectivity index (χ4n) is 6.04. The second-order valence-electron chi connectivity index (χ2n) is 11.7. The van der Waals surface area contributed by atoms with Crippen molar-refractivity contribution in [3.05, 3.63) is 47.9 Å². The Morgan fingerprint density at radius 2 is 1.93 bits per heavy atom. The summed E-state index contributed by atoms with van der Waals surface area (Å²) in [6.07, 6.45) is 8.49. The van der Waals surface area contributed by atoms with Crippen LogP contribution in [0, 0.1) is 5.41 Å². The minimum Gasteiger partial charge on any atom is -0.495 e. The van der Waals surface area contributed by atoms with E-state index in [1.807, 2.05) is 33.2 Å². The third kappa shape index (κ3) is 6.19. The van der Waals surface area contributed by atoms with Crippen molar-refractivity contribution in [1.82, 2.24) is 20.0 Å². The number of likely N-dealkylation sites (tertiary alicyclic amines) is 1. The van der Waals surface area contributed by atoms with Crippen molar-refractivity contribution < 1.29 is 14.3 Å². The van der Waals surface area contributed by atoms with Gasteiger partial charge in [0.1, 0.15) is 11.6 Å². The normalized spacial score (nSPS) is 25.1. The predicted molar refractivity (Wildman–Crippen MR) is 160 cm³/mol. The lowest BCUT2D eigenvalue weighted by molar-refractivity contribution is -0.138. The summed E-state index contributed by atoms with van der Waals surface area (Å²) in [6.45, 7) is 12.7. The van der Waals surface area contributed by atoms with E-state index in [0.29, 0.717) is 35.4 Å². The van der Waals surface area contributed by atoms with E-state index in [1.165, 1.54) is 19.3 Å². The number of rotatable bonds is 8. The minimum absolute atomic E-state index is 0.108. The topological polar surface area (TPSA) is 89.5 Å². The summed E-state index contributed by atoms with van der Waals surface area (Å²) in [6, 6.07) is 5.82. The van der Waals surface area contributed by atoms with E-state index < -0.39 is 5.41 Å². The lowest BCUT2D eigenvalue weighted by Crippen LogP contribution is -2.57. The smallest absolute Gasteiger partial charge is 0.251 e. The lowest BCUT2D eigenvalue weighted by atomic mass is 9.84. The first-order valence-corrected chi connectivity index (χ1v) is 14.5. The number of carbonyl (C=O) groups excluding carboxylic acids is 2. The molecule has 2 heterocycles. The van der Waals surface area contributed by atoms with Gasteiger partial charge in [-0.15, -0.1) is 0 Å². The van der Waals surface area contributed by atoms with Crippen LogP contribution in [-0.2, 0) is 4.79 Å². The van der Waals surface area contributed by atoms with Gasteiger partial charge in [-0.05, 0) is 58.4 Å². The molecular weight excluding hydrogens is 504 g/mol. The molecule has 0 bridgehead atoms. The average Bonchev–Trinajstić information content (AvgIpc) is 3.01. The number of amides is 2. The van der Waals surface area contributed by atoms with Crippen LogP contribution in [-0.4, -0.2) is 85.3 Å². The van der Waals surface area contributed by atoms with Gasteiger partial charge in [-0.1, -0.05) is 38.8 Å². The van der Waals surface area contributed by atoms with Gasteiger partial charge in [0.2, 0.25) is 5.91 Å². The fraction of sp³-hybridized carbons (Fsp3) is 0.581. The molecule has 1 aromatic rings. The van der Waals surface area contributed by atoms with Gasteiger partial charge in [0.05, 0.1) is 30.0 Å². The van der Waals surface area contributed by atoms with Crippen LogP contribution in [0.25, 0.3) is 0 Å². The number of hydrogen-bond acceptors (Lipinski definition) is 6. The number of likely N-dealkylation sites (N-methyl/N-ethyl adjacent to an activating group) is 2. The van der Waals surface area contributed by atoms with Crippen LogP contribution in [0.4, 0.5) is 5.69 Å². The van der Waals surface area contributed by atoms with E-state index in [-0.39, 0.29) is 17.9 Å². The van der Waals surface area contributed by atoms with Gasteiger partial charge in [-0.3, -0.25) is 9.59 Å². The number of hydrogen-bond donors (Lipinski definition) is 2. The van der Waals surface area contributed by atoms with Crippen LogP contribution in [0.3, 0.4) is 0 Å². The molecule has 1 atom stereocenters. The molecule has 4 rings (SSSR count). The molecule has 218 valence electrons. The van der Waals surface area contributed by atoms with Gasteiger partial charge in [0, 0.05) is 38.3 Å². The highest BCUT2D eigenvalue weighted by molar-refractivity contribution is 6.04. The van der Waals surface area contributed by atoms with Gasteiger partial charge in [0.25, 0.3) is 5.91 Å². The summed E-state index contributed by atoms with van der Waals surface area (Å²) >= 11 is 0. The average molecular weight is 551 g/mol. The Bertz CT molecular complexity index is 1180. The quantitative estimate of drug-likeness (QED) is 0.497. The third-order valence-corrected chi connectivity index (χ3v) is 8.65. The van der Waals surface area contributed by atoms with E-state index in [9.17, 15) is 9.59 Å². The number of benzene rings is 1. The summed E-state index contributed by atoms with van der Waals surface area (Å²) in [5, 5.41) is 6.35. The zero-order valence-electron chi connectivity index (χ0n) is 25.0. The molecule has 2 N–H and O–H groups in total. The van der Waals surface area contributed by atoms with Crippen LogP contribution in [0.5, 0.6) is 5.75 Å². The van der Waals surface area contributed by atoms with Crippen molar-refractivity contribution in [2.75, 3.05) is 46.2 Å². The number of amidine groups is 1. The Morgan fingerprint density at radius 3 is 2.52 bits per heavy atom. The van der Waals surface area contributed by atoms with Gasteiger partial charge in [0.15, 0.2) is 5.84 Å². The van der Waals surface area contributed by atoms with Gasteiger partial charge in [-0.25, -0.2) is 4.99 Å². The Hall–Kier alpha value is -3.33. The first kappa shape index (κ1) is 29.6. The van der Waals surface area contributed by atoms with Crippen molar-refractivity contribution >= 4 is 23.3 Å². The Morgan fingerprint density at radius 1 is 1.23 bits per heavy atom. The van der Waals surface area contributed by atoms with Crippen LogP contribution in [0.2, 0.25) is 0 Å². The van der Waals surface area contributed by atoms with Crippen molar-refractivity contribution in [3.8, 4) is 5.75 Å². The SMILES string of the molecule is C=C(/N=C1\C(=C/C)N(C)C(=O)[C@@](C)(CC)CN1C1CCCCC1)Nc1ccc(C(=O)NC2CN(C)C2)cc1OC. The molecule has 2 saturated heterocycles. The summed E-state index contributed by atoms with van der Waals surface area (Å²) in [5.41, 5.74) is 1.48. The van der Waals surface area contributed by atoms with Crippen LogP contribution in [0.1, 0.15) is 69.7 Å². The molecule has 2 aliphatic heterocycles. The monoisotopic (exact) mass is 550 g/mol. The second kappa shape index (κ2) is 12.5. The number of nitrogens with one attached hydrogen (secondary N) is 2. The van der Waals surface area contributed by atoms with Crippen molar-refractivity contribution in [3.63, 3.8) is 0 Å². The van der Waals surface area contributed by atoms with E-state index >= 15 is 0 Å². The minimum atomic E-state index is -0.513. The maximum atomic E-state index is 13.6. The van der Waals surface area contributed by atoms with E-state index in [1.54, 1.807) is 24.1 Å². The van der Waals surface area contributed by atoms with E-state index in [4.69, 9.17) is 9.73 Å². The third-order valence-electron chi connectivity index (χ3n) is 8.65. The number of aliphatic imine (C=N–C) groups is 1. The number of allylic oxidation sites excluding steroid dienone is 1. The Balaban J connectivity index is 1.61. The molecule has 1 aromatic carbocycles. The van der Waals surface area contributed by atoms with Crippen LogP contribution in [0.15, 0.2) is 47.4 Å². The first-order valence-electron chi connectivity index (χ1n) is 14.5. The highest BCUT2D eigenvalue weighted by atomic mass is 16.5. The number of anilines is 1. The summed E-state index contributed by atoms with van der Waals surface area (Å²) in [7, 11) is 5.46. The Kier molecular flexibility index (Phi) is 9.23. The summed E-state index contributed by atoms with van der Waals surface area (Å²) < 4.78 is 5.63. The highest BCUT2D eigenvalue weighted by Gasteiger charge is 2.44. The number of ether oxygens (including phenoxy) is 1. The molecule has 3 aliphatic rings. The molecule has 1 aliphatic carbocycles. The molecule has 40 heavy (non-hydrogen) atoms. The van der Waals surface area contributed by atoms with Crippen molar-refractivity contribution in [2.24, 2.45) is 10.4 Å². The predicted octanol–water partition coefficient (Wildman–Crippen LogP) is 4.45. The molecule has 0 aromatic heterocycles. The Labute approximate surface area is 239 Å². The number of methoxy groups -OCH3 is 1. The van der Waals surface area contributed by atoms with Crippen molar-refractivity contribution in [1.29, 1.82) is 0 Å². The maximum absolute atomic E-state index is 13.6. The van der Waals surface area contributed by atoms with Crippen molar-refractivity contribution in [2.45, 2.75) is 71.4 Å². The van der Waals surface area contributed by atoms with Crippen LogP contribution < -0.4 is 15.4 Å². The van der Waals surface area contributed by atoms with E-state index in [0.717, 1.165) is 43.9 Å². The molecule has 2 amide bonds. The molecule has 3 fully saturated rings. The fourth-order valence-corrected chi connectivity index (χ4v) is 6.04. The second-order valence-corrected chi connectivity index (χ2v) is 11.7. The number of nitrogens with zero attached hydrogens (tertiary/aromatic N) is 4. The first-order chi connectivity index (χ1) is 19.1. The molecule has 0 spiro atoms. The molecule has 0 radical (unpaired) electrons. The summed E-state index contributed by atoms with van der Waals surface area (Å²) in [5.74, 6) is 1.72. The molecule has 0 unspecified atom stereocenters. The summed E-state index contributed by atoms with van der Waals surface area (Å²) in [4.78, 5) is 37.6. The molecular formula is C31H46N6O3. The highest BCUT2D eigenvalue weighted by Crippen LogP contribution is 2.36. The van der Waals surface area contributed by atoms with Gasteiger partial charge >= 0.3 is 0 Å². The van der Waals surface area contributed by atoms with Gasteiger partial charge in [-0.2, -0.15) is 0 Å². The largest absolute Gasteiger partial charge is 0.495 e. The maximum Gasteiger partial charge on any atom is 0.251 e. The van der Waals surface area contributed by atoms with Crippen LogP contribution >= 0.6 is 0 Å². The molecule has 9 heteroatoms. The standard InChI is InChI=1S/C31H46N6O3/c1-8-26-28(37(24-13-11-10-12-14-24)20-31(4,9-2)30(39)36(26)6)33-21(3)32-25-16-15-22(17-27(25)40-7)29(38)34-23-18-35(5)19-23/h8,15-17,23-24,32H,3,9-14,18-20H2,1-2,4-7H3,(H,34,38)/b26-8+,33-28+/t31-/m0/s1. The zero-order valence-corrected chi connectivity index (χ0v) is 25.0. The molecule has 1 saturated carbocycles.